The zero-order chi connectivity index (χ0) is 25.5. The van der Waals surface area contributed by atoms with Crippen molar-refractivity contribution in [1.82, 2.24) is 15.2 Å². The molecular weight excluding hydrogens is 555 g/mol. The largest absolute Gasteiger partial charge is 0.468 e. The zero-order valence-electron chi connectivity index (χ0n) is 19.6. The Morgan fingerprint density at radius 2 is 2.31 bits per heavy atom. The van der Waals surface area contributed by atoms with E-state index in [-0.39, 0.29) is 19.3 Å². The fourth-order valence-electron chi connectivity index (χ4n) is 4.14. The second-order valence-corrected chi connectivity index (χ2v) is 9.85. The number of aromatic nitrogens is 1. The zero-order valence-corrected chi connectivity index (χ0v) is 22.0. The third-order valence-electron chi connectivity index (χ3n) is 5.74. The Hall–Kier alpha value is -2.67. The lowest BCUT2D eigenvalue weighted by molar-refractivity contribution is -0.139. The molecule has 0 saturated carbocycles. The summed E-state index contributed by atoms with van der Waals surface area (Å²) in [6, 6.07) is 3.59. The van der Waals surface area contributed by atoms with Crippen LogP contribution in [0.25, 0.3) is 0 Å². The first kappa shape index (κ1) is 26.4. The number of ether oxygens (including phenoxy) is 3. The van der Waals surface area contributed by atoms with E-state index in [0.717, 1.165) is 0 Å². The van der Waals surface area contributed by atoms with Crippen LogP contribution in [0.15, 0.2) is 50.5 Å². The van der Waals surface area contributed by atoms with E-state index in [2.05, 4.69) is 31.1 Å². The second kappa shape index (κ2) is 12.5. The molecule has 9 nitrogen and oxygen atoms in total. The maximum absolute atomic E-state index is 13.9. The van der Waals surface area contributed by atoms with Crippen molar-refractivity contribution in [2.45, 2.75) is 25.5 Å². The normalized spacial score (nSPS) is 20.5. The van der Waals surface area contributed by atoms with Gasteiger partial charge in [0.2, 0.25) is 0 Å². The van der Waals surface area contributed by atoms with Gasteiger partial charge in [0.1, 0.15) is 11.9 Å². The Balaban J connectivity index is 1.70. The van der Waals surface area contributed by atoms with Gasteiger partial charge in [0.15, 0.2) is 10.8 Å². The maximum atomic E-state index is 13.9. The van der Waals surface area contributed by atoms with E-state index in [4.69, 9.17) is 19.2 Å². The topological polar surface area (TPSA) is 102 Å². The van der Waals surface area contributed by atoms with Gasteiger partial charge in [-0.2, -0.15) is 0 Å². The van der Waals surface area contributed by atoms with E-state index in [0.29, 0.717) is 71.3 Å². The summed E-state index contributed by atoms with van der Waals surface area (Å²) in [5, 5.41) is 5.84. The molecule has 1 fully saturated rings. The molecule has 3 heterocycles. The highest BCUT2D eigenvalue weighted by Crippen LogP contribution is 2.37. The van der Waals surface area contributed by atoms with E-state index in [1.165, 1.54) is 23.5 Å². The van der Waals surface area contributed by atoms with Crippen LogP contribution in [-0.2, 0) is 23.8 Å². The van der Waals surface area contributed by atoms with Crippen LogP contribution >= 0.6 is 27.3 Å². The van der Waals surface area contributed by atoms with E-state index in [1.807, 2.05) is 5.38 Å². The van der Waals surface area contributed by atoms with Crippen molar-refractivity contribution in [1.29, 1.82) is 0 Å². The van der Waals surface area contributed by atoms with Gasteiger partial charge in [-0.1, -0.05) is 22.0 Å². The van der Waals surface area contributed by atoms with Crippen LogP contribution in [-0.4, -0.2) is 73.7 Å². The van der Waals surface area contributed by atoms with Crippen molar-refractivity contribution in [2.75, 3.05) is 39.5 Å². The van der Waals surface area contributed by atoms with Gasteiger partial charge < -0.3 is 19.5 Å². The minimum atomic E-state index is -0.730. The first-order valence-electron chi connectivity index (χ1n) is 11.5. The average Bonchev–Trinajstić information content (AvgIpc) is 3.39. The number of thiazole rings is 1. The van der Waals surface area contributed by atoms with Gasteiger partial charge in [-0.25, -0.2) is 14.2 Å². The smallest absolute Gasteiger partial charge is 0.338 e. The summed E-state index contributed by atoms with van der Waals surface area (Å²) < 4.78 is 30.4. The number of benzene rings is 1. The molecule has 0 amide bonds. The van der Waals surface area contributed by atoms with Crippen LogP contribution in [0.5, 0.6) is 0 Å². The molecule has 1 saturated heterocycles. The van der Waals surface area contributed by atoms with Crippen molar-refractivity contribution in [3.63, 3.8) is 0 Å². The predicted molar refractivity (Wildman–Crippen MR) is 135 cm³/mol. The summed E-state index contributed by atoms with van der Waals surface area (Å²) in [6.07, 6.45) is 2.15. The summed E-state index contributed by atoms with van der Waals surface area (Å²) in [6.45, 7) is 4.81. The lowest BCUT2D eigenvalue weighted by atomic mass is 9.95. The molecule has 2 aromatic rings. The van der Waals surface area contributed by atoms with Gasteiger partial charge in [-0.15, -0.1) is 11.3 Å². The van der Waals surface area contributed by atoms with Gasteiger partial charge in [0.25, 0.3) is 6.47 Å². The number of nitrogens with zero attached hydrogens (tertiary/aromatic N) is 3. The third-order valence-corrected chi connectivity index (χ3v) is 7.21. The molecule has 0 radical (unpaired) electrons. The van der Waals surface area contributed by atoms with Crippen molar-refractivity contribution in [3.8, 4) is 0 Å². The highest BCUT2D eigenvalue weighted by Gasteiger charge is 2.35. The number of carbonyl (C=O) groups is 2. The molecule has 0 spiro atoms. The minimum Gasteiger partial charge on any atom is -0.468 e. The molecule has 0 aliphatic carbocycles. The van der Waals surface area contributed by atoms with Crippen LogP contribution in [0.2, 0.25) is 0 Å². The SMILES string of the molecule is CCOC(=O)C1=C(CN2CCOC(CCOC=O)C2)NC(c2nccs2)=NC1c1ccc(F)cc1Br. The number of rotatable bonds is 10. The van der Waals surface area contributed by atoms with Gasteiger partial charge in [-0.3, -0.25) is 14.7 Å². The maximum Gasteiger partial charge on any atom is 0.338 e. The Kier molecular flexibility index (Phi) is 9.19. The van der Waals surface area contributed by atoms with Gasteiger partial charge in [0.05, 0.1) is 31.5 Å². The van der Waals surface area contributed by atoms with Crippen molar-refractivity contribution in [2.24, 2.45) is 4.99 Å². The number of amidine groups is 1. The molecule has 2 aliphatic heterocycles. The Labute approximate surface area is 220 Å². The summed E-state index contributed by atoms with van der Waals surface area (Å²) in [5.41, 5.74) is 1.63. The molecular formula is C24H26BrFN4O5S. The van der Waals surface area contributed by atoms with Crippen LogP contribution in [0, 0.1) is 5.82 Å². The lowest BCUT2D eigenvalue weighted by Gasteiger charge is -2.35. The number of morpholine rings is 1. The fourth-order valence-corrected chi connectivity index (χ4v) is 5.29. The molecule has 0 bridgehead atoms. The number of esters is 1. The third kappa shape index (κ3) is 6.36. The summed E-state index contributed by atoms with van der Waals surface area (Å²) in [7, 11) is 0. The summed E-state index contributed by atoms with van der Waals surface area (Å²) in [4.78, 5) is 35.1. The molecule has 36 heavy (non-hydrogen) atoms. The molecule has 2 unspecified atom stereocenters. The lowest BCUT2D eigenvalue weighted by Crippen LogP contribution is -2.46. The molecule has 12 heteroatoms. The van der Waals surface area contributed by atoms with E-state index < -0.39 is 17.8 Å². The molecule has 2 aliphatic rings. The van der Waals surface area contributed by atoms with Crippen LogP contribution < -0.4 is 5.32 Å². The summed E-state index contributed by atoms with van der Waals surface area (Å²) in [5.74, 6) is -0.366. The number of hydrogen-bond donors (Lipinski definition) is 1. The second-order valence-electron chi connectivity index (χ2n) is 8.10. The van der Waals surface area contributed by atoms with Gasteiger partial charge in [-0.05, 0) is 24.6 Å². The summed E-state index contributed by atoms with van der Waals surface area (Å²) >= 11 is 4.86. The number of nitrogens with one attached hydrogen (secondary N) is 1. The molecule has 1 aromatic carbocycles. The monoisotopic (exact) mass is 580 g/mol. The number of halogens is 2. The molecule has 192 valence electrons. The molecule has 2 atom stereocenters. The van der Waals surface area contributed by atoms with Crippen LogP contribution in [0.4, 0.5) is 4.39 Å². The van der Waals surface area contributed by atoms with E-state index >= 15 is 0 Å². The Morgan fingerprint density at radius 3 is 3.03 bits per heavy atom. The highest BCUT2D eigenvalue weighted by atomic mass is 79.9. The first-order valence-corrected chi connectivity index (χ1v) is 13.2. The molecule has 1 N–H and O–H groups in total. The van der Waals surface area contributed by atoms with E-state index in [9.17, 15) is 14.0 Å². The quantitative estimate of drug-likeness (QED) is 0.259. The number of hydrogen-bond acceptors (Lipinski definition) is 10. The Morgan fingerprint density at radius 1 is 1.44 bits per heavy atom. The number of carbonyl (C=O) groups excluding carboxylic acids is 2. The van der Waals surface area contributed by atoms with Gasteiger partial charge >= 0.3 is 5.97 Å². The van der Waals surface area contributed by atoms with Crippen LogP contribution in [0.3, 0.4) is 0 Å². The van der Waals surface area contributed by atoms with Crippen molar-refractivity contribution < 1.29 is 28.2 Å². The predicted octanol–water partition coefficient (Wildman–Crippen LogP) is 3.22. The molecule has 4 rings (SSSR count). The van der Waals surface area contributed by atoms with Crippen molar-refractivity contribution in [3.05, 3.63) is 61.9 Å². The van der Waals surface area contributed by atoms with Gasteiger partial charge in [0, 0.05) is 47.8 Å². The number of aliphatic imine (C=N–C) groups is 1. The minimum absolute atomic E-state index is 0.108. The highest BCUT2D eigenvalue weighted by molar-refractivity contribution is 9.10. The first-order chi connectivity index (χ1) is 17.5. The Bertz CT molecular complexity index is 1140. The van der Waals surface area contributed by atoms with Crippen molar-refractivity contribution >= 4 is 45.5 Å². The average molecular weight is 581 g/mol. The molecule has 1 aromatic heterocycles. The van der Waals surface area contributed by atoms with Crippen LogP contribution in [0.1, 0.15) is 30.0 Å². The fraction of sp³-hybridized carbons (Fsp3) is 0.417. The van der Waals surface area contributed by atoms with E-state index in [1.54, 1.807) is 19.2 Å². The standard InChI is InChI=1S/C24H26BrFN4O5S/c1-2-34-24(32)20-19(13-30-7-9-35-16(12-30)5-8-33-14-31)28-22(23-27-6-10-36-23)29-21(20)17-4-3-15(26)11-18(17)25/h3-4,6,10-11,14,16,21H,2,5,7-9,12-13H2,1H3,(H,28,29).